The molecule has 0 aliphatic rings. The molecule has 0 saturated heterocycles. The van der Waals surface area contributed by atoms with Gasteiger partial charge in [-0.2, -0.15) is 0 Å². The van der Waals surface area contributed by atoms with E-state index >= 15 is 0 Å². The molecule has 34 heavy (non-hydrogen) atoms. The average Bonchev–Trinajstić information content (AvgIpc) is 2.78. The van der Waals surface area contributed by atoms with Crippen LogP contribution >= 0.6 is 0 Å². The number of amides is 3. The van der Waals surface area contributed by atoms with Crippen LogP contribution in [0, 0.1) is 30.9 Å². The number of carbonyl (C=O) groups excluding carboxylic acids is 4. The first-order valence-corrected chi connectivity index (χ1v) is 10.3. The van der Waals surface area contributed by atoms with Crippen LogP contribution < -0.4 is 16.0 Å². The summed E-state index contributed by atoms with van der Waals surface area (Å²) >= 11 is 0. The highest BCUT2D eigenvalue weighted by Crippen LogP contribution is 2.21. The lowest BCUT2D eigenvalue weighted by molar-refractivity contribution is -0.384. The van der Waals surface area contributed by atoms with Crippen molar-refractivity contribution in [2.75, 3.05) is 18.5 Å². The van der Waals surface area contributed by atoms with Gasteiger partial charge in [-0.05, 0) is 44.9 Å². The predicted molar refractivity (Wildman–Crippen MR) is 123 cm³/mol. The molecule has 2 aromatic carbocycles. The Bertz CT molecular complexity index is 1110. The van der Waals surface area contributed by atoms with Crippen LogP contribution in [0.15, 0.2) is 36.4 Å². The summed E-state index contributed by atoms with van der Waals surface area (Å²) in [5, 5.41) is 18.3. The fourth-order valence-electron chi connectivity index (χ4n) is 3.15. The van der Waals surface area contributed by atoms with Crippen molar-refractivity contribution in [2.24, 2.45) is 0 Å². The van der Waals surface area contributed by atoms with E-state index in [1.807, 2.05) is 32.9 Å². The summed E-state index contributed by atoms with van der Waals surface area (Å²) in [6.45, 7) is 6.06. The number of non-ortho nitro benzene ring substituents is 1. The molecule has 0 saturated carbocycles. The third-order valence-corrected chi connectivity index (χ3v) is 4.75. The molecule has 1 atom stereocenters. The van der Waals surface area contributed by atoms with Gasteiger partial charge in [-0.1, -0.05) is 23.8 Å². The minimum atomic E-state index is -1.12. The number of aryl methyl sites for hydroxylation is 3. The van der Waals surface area contributed by atoms with Crippen molar-refractivity contribution in [2.45, 2.75) is 33.7 Å². The van der Waals surface area contributed by atoms with Crippen molar-refractivity contribution in [3.05, 3.63) is 68.8 Å². The second-order valence-corrected chi connectivity index (χ2v) is 7.71. The first kappa shape index (κ1) is 26.0. The Balaban J connectivity index is 1.78. The van der Waals surface area contributed by atoms with E-state index in [-0.39, 0.29) is 17.8 Å². The Morgan fingerprint density at radius 1 is 1.03 bits per heavy atom. The van der Waals surface area contributed by atoms with Crippen LogP contribution in [0.2, 0.25) is 0 Å². The van der Waals surface area contributed by atoms with Crippen LogP contribution in [0.5, 0.6) is 0 Å². The van der Waals surface area contributed by atoms with Crippen LogP contribution in [0.3, 0.4) is 0 Å². The van der Waals surface area contributed by atoms with Crippen molar-refractivity contribution < 1.29 is 28.8 Å². The zero-order chi connectivity index (χ0) is 25.4. The van der Waals surface area contributed by atoms with Gasteiger partial charge in [0.1, 0.15) is 6.04 Å². The Hall–Kier alpha value is -4.28. The van der Waals surface area contributed by atoms with Crippen LogP contribution in [-0.4, -0.2) is 47.8 Å². The van der Waals surface area contributed by atoms with Gasteiger partial charge in [0.2, 0.25) is 5.91 Å². The number of ether oxygens (including phenoxy) is 1. The SMILES string of the molecule is Cc1cc(C)c(NC(=O)CNC(=O)COC(=O)[C@H](C)NC(=O)c2cccc([N+](=O)[O-])c2)c(C)c1. The van der Waals surface area contributed by atoms with Gasteiger partial charge in [0.15, 0.2) is 6.61 Å². The normalized spacial score (nSPS) is 11.2. The molecule has 0 aliphatic carbocycles. The molecule has 3 N–H and O–H groups in total. The molecule has 11 heteroatoms. The lowest BCUT2D eigenvalue weighted by Crippen LogP contribution is -2.41. The Kier molecular flexibility index (Phi) is 8.82. The van der Waals surface area contributed by atoms with Crippen molar-refractivity contribution >= 4 is 35.1 Å². The maximum absolute atomic E-state index is 12.2. The molecule has 0 spiro atoms. The van der Waals surface area contributed by atoms with E-state index in [1.165, 1.54) is 25.1 Å². The number of hydrogen-bond acceptors (Lipinski definition) is 7. The first-order valence-electron chi connectivity index (χ1n) is 10.3. The molecule has 2 rings (SSSR count). The topological polar surface area (TPSA) is 157 Å². The molecule has 0 aliphatic heterocycles. The fourth-order valence-corrected chi connectivity index (χ4v) is 3.15. The van der Waals surface area contributed by atoms with Crippen molar-refractivity contribution in [1.82, 2.24) is 10.6 Å². The largest absolute Gasteiger partial charge is 0.454 e. The number of nitro groups is 1. The van der Waals surface area contributed by atoms with E-state index in [1.54, 1.807) is 0 Å². The number of esters is 1. The monoisotopic (exact) mass is 470 g/mol. The Morgan fingerprint density at radius 3 is 2.29 bits per heavy atom. The summed E-state index contributed by atoms with van der Waals surface area (Å²) in [5.41, 5.74) is 3.26. The number of rotatable bonds is 9. The lowest BCUT2D eigenvalue weighted by atomic mass is 10.1. The van der Waals surface area contributed by atoms with Crippen LogP contribution in [0.4, 0.5) is 11.4 Å². The molecule has 0 heterocycles. The molecule has 0 bridgehead atoms. The summed E-state index contributed by atoms with van der Waals surface area (Å²) in [6, 6.07) is 7.76. The Labute approximate surface area is 196 Å². The summed E-state index contributed by atoms with van der Waals surface area (Å²) < 4.78 is 4.86. The number of nitrogens with zero attached hydrogens (tertiary/aromatic N) is 1. The molecule has 0 aromatic heterocycles. The van der Waals surface area contributed by atoms with Gasteiger partial charge in [-0.15, -0.1) is 0 Å². The van der Waals surface area contributed by atoms with E-state index < -0.39 is 41.3 Å². The van der Waals surface area contributed by atoms with E-state index in [0.29, 0.717) is 5.69 Å². The quantitative estimate of drug-likeness (QED) is 0.287. The number of nitrogens with one attached hydrogen (secondary N) is 3. The highest BCUT2D eigenvalue weighted by atomic mass is 16.6. The van der Waals surface area contributed by atoms with Gasteiger partial charge in [-0.3, -0.25) is 24.5 Å². The van der Waals surface area contributed by atoms with Crippen LogP contribution in [0.25, 0.3) is 0 Å². The highest BCUT2D eigenvalue weighted by molar-refractivity contribution is 5.98. The highest BCUT2D eigenvalue weighted by Gasteiger charge is 2.20. The van der Waals surface area contributed by atoms with Gasteiger partial charge < -0.3 is 20.7 Å². The maximum Gasteiger partial charge on any atom is 0.328 e. The average molecular weight is 470 g/mol. The smallest absolute Gasteiger partial charge is 0.328 e. The Morgan fingerprint density at radius 2 is 1.68 bits per heavy atom. The van der Waals surface area contributed by atoms with Crippen molar-refractivity contribution in [3.8, 4) is 0 Å². The van der Waals surface area contributed by atoms with Gasteiger partial charge in [0.25, 0.3) is 17.5 Å². The summed E-state index contributed by atoms with van der Waals surface area (Å²) in [6.07, 6.45) is 0. The second-order valence-electron chi connectivity index (χ2n) is 7.71. The van der Waals surface area contributed by atoms with Gasteiger partial charge in [-0.25, -0.2) is 4.79 Å². The number of hydrogen-bond donors (Lipinski definition) is 3. The minimum Gasteiger partial charge on any atom is -0.454 e. The second kappa shape index (κ2) is 11.5. The summed E-state index contributed by atoms with van der Waals surface area (Å²) in [7, 11) is 0. The van der Waals surface area contributed by atoms with E-state index in [4.69, 9.17) is 4.74 Å². The molecular formula is C23H26N4O7. The van der Waals surface area contributed by atoms with Crippen molar-refractivity contribution in [1.29, 1.82) is 0 Å². The first-order chi connectivity index (χ1) is 16.0. The van der Waals surface area contributed by atoms with Gasteiger partial charge >= 0.3 is 5.97 Å². The van der Waals surface area contributed by atoms with Gasteiger partial charge in [0, 0.05) is 23.4 Å². The summed E-state index contributed by atoms with van der Waals surface area (Å²) in [4.78, 5) is 58.5. The minimum absolute atomic E-state index is 0.00310. The maximum atomic E-state index is 12.2. The third kappa shape index (κ3) is 7.40. The number of carbonyl (C=O) groups is 4. The fraction of sp³-hybridized carbons (Fsp3) is 0.304. The van der Waals surface area contributed by atoms with Gasteiger partial charge in [0.05, 0.1) is 11.5 Å². The standard InChI is InChI=1S/C23H26N4O7/c1-13-8-14(2)21(15(3)9-13)26-19(28)11-24-20(29)12-34-23(31)16(4)25-22(30)17-6-5-7-18(10-17)27(32)33/h5-10,16H,11-12H2,1-4H3,(H,24,29)(H,25,30)(H,26,28)/t16-/m0/s1. The van der Waals surface area contributed by atoms with Crippen molar-refractivity contribution in [3.63, 3.8) is 0 Å². The molecule has 0 radical (unpaired) electrons. The molecule has 0 unspecified atom stereocenters. The van der Waals surface area contributed by atoms with E-state index in [0.717, 1.165) is 22.8 Å². The van der Waals surface area contributed by atoms with Crippen LogP contribution in [-0.2, 0) is 19.1 Å². The summed E-state index contributed by atoms with van der Waals surface area (Å²) in [5.74, 6) is -2.73. The predicted octanol–water partition coefficient (Wildman–Crippen LogP) is 1.94. The van der Waals surface area contributed by atoms with Crippen LogP contribution in [0.1, 0.15) is 34.0 Å². The number of anilines is 1. The lowest BCUT2D eigenvalue weighted by Gasteiger charge is -2.14. The number of nitro benzene ring substituents is 1. The molecule has 3 amide bonds. The zero-order valence-electron chi connectivity index (χ0n) is 19.3. The molecule has 180 valence electrons. The molecular weight excluding hydrogens is 444 g/mol. The molecule has 11 nitrogen and oxygen atoms in total. The molecule has 2 aromatic rings. The number of benzene rings is 2. The van der Waals surface area contributed by atoms with E-state index in [2.05, 4.69) is 16.0 Å². The zero-order valence-corrected chi connectivity index (χ0v) is 19.3. The van der Waals surface area contributed by atoms with E-state index in [9.17, 15) is 29.3 Å². The molecule has 0 fully saturated rings. The third-order valence-electron chi connectivity index (χ3n) is 4.75.